The SMILES string of the molecule is CC(C)(C)CN(CCCO)C(=O)Nc1c(F)cc(F)cc1F. The molecule has 0 saturated heterocycles. The van der Waals surface area contributed by atoms with Gasteiger partial charge in [-0.15, -0.1) is 0 Å². The summed E-state index contributed by atoms with van der Waals surface area (Å²) >= 11 is 0. The number of halogens is 3. The molecule has 0 radical (unpaired) electrons. The molecule has 22 heavy (non-hydrogen) atoms. The standard InChI is InChI=1S/C15H21F3N2O2/c1-15(2,3)9-20(5-4-6-21)14(22)19-13-11(17)7-10(16)8-12(13)18/h7-8,21H,4-6,9H2,1-3H3,(H,19,22). The smallest absolute Gasteiger partial charge is 0.322 e. The minimum absolute atomic E-state index is 0.104. The number of aliphatic hydroxyl groups excluding tert-OH is 1. The summed E-state index contributed by atoms with van der Waals surface area (Å²) < 4.78 is 40.0. The number of hydrogen-bond acceptors (Lipinski definition) is 2. The first-order chi connectivity index (χ1) is 10.1. The van der Waals surface area contributed by atoms with Crippen LogP contribution in [0.1, 0.15) is 27.2 Å². The Morgan fingerprint density at radius 2 is 1.77 bits per heavy atom. The number of carbonyl (C=O) groups is 1. The zero-order valence-electron chi connectivity index (χ0n) is 12.9. The van der Waals surface area contributed by atoms with E-state index in [1.807, 2.05) is 20.8 Å². The topological polar surface area (TPSA) is 52.6 Å². The quantitative estimate of drug-likeness (QED) is 0.874. The Labute approximate surface area is 127 Å². The molecule has 0 saturated carbocycles. The van der Waals surface area contributed by atoms with Gasteiger partial charge in [0.05, 0.1) is 0 Å². The second-order valence-electron chi connectivity index (χ2n) is 6.23. The average Bonchev–Trinajstić information content (AvgIpc) is 2.37. The Bertz CT molecular complexity index is 507. The van der Waals surface area contributed by atoms with E-state index in [1.165, 1.54) is 4.90 Å². The highest BCUT2D eigenvalue weighted by molar-refractivity contribution is 5.89. The van der Waals surface area contributed by atoms with E-state index in [4.69, 9.17) is 5.11 Å². The number of anilines is 1. The molecule has 2 amide bonds. The van der Waals surface area contributed by atoms with E-state index in [9.17, 15) is 18.0 Å². The molecule has 2 N–H and O–H groups in total. The summed E-state index contributed by atoms with van der Waals surface area (Å²) in [4.78, 5) is 13.6. The highest BCUT2D eigenvalue weighted by Gasteiger charge is 2.23. The van der Waals surface area contributed by atoms with E-state index in [2.05, 4.69) is 5.32 Å². The Hall–Kier alpha value is -1.76. The normalized spacial score (nSPS) is 11.4. The van der Waals surface area contributed by atoms with Gasteiger partial charge in [0.25, 0.3) is 0 Å². The number of urea groups is 1. The molecule has 0 aliphatic heterocycles. The molecular weight excluding hydrogens is 297 g/mol. The summed E-state index contributed by atoms with van der Waals surface area (Å²) in [5.41, 5.74) is -0.915. The fourth-order valence-corrected chi connectivity index (χ4v) is 1.93. The van der Waals surface area contributed by atoms with Gasteiger partial charge in [0.15, 0.2) is 11.6 Å². The summed E-state index contributed by atoms with van der Waals surface area (Å²) in [6, 6.07) is 0.300. The molecule has 124 valence electrons. The number of hydrogen-bond donors (Lipinski definition) is 2. The fourth-order valence-electron chi connectivity index (χ4n) is 1.93. The van der Waals surface area contributed by atoms with Crippen LogP contribution in [0.3, 0.4) is 0 Å². The Balaban J connectivity index is 2.91. The minimum atomic E-state index is -1.18. The molecule has 0 aromatic heterocycles. The monoisotopic (exact) mass is 318 g/mol. The van der Waals surface area contributed by atoms with Crippen LogP contribution in [0.5, 0.6) is 0 Å². The minimum Gasteiger partial charge on any atom is -0.396 e. The molecule has 4 nitrogen and oxygen atoms in total. The van der Waals surface area contributed by atoms with Crippen molar-refractivity contribution in [1.29, 1.82) is 0 Å². The predicted octanol–water partition coefficient (Wildman–Crippen LogP) is 3.37. The lowest BCUT2D eigenvalue weighted by Crippen LogP contribution is -2.41. The highest BCUT2D eigenvalue weighted by Crippen LogP contribution is 2.22. The average molecular weight is 318 g/mol. The molecule has 0 heterocycles. The van der Waals surface area contributed by atoms with Crippen molar-refractivity contribution in [3.8, 4) is 0 Å². The second kappa shape index (κ2) is 7.49. The lowest BCUT2D eigenvalue weighted by molar-refractivity contribution is 0.175. The number of carbonyl (C=O) groups excluding carboxylic acids is 1. The van der Waals surface area contributed by atoms with Crippen LogP contribution < -0.4 is 5.32 Å². The maximum absolute atomic E-state index is 13.6. The van der Waals surface area contributed by atoms with Crippen molar-refractivity contribution in [3.63, 3.8) is 0 Å². The van der Waals surface area contributed by atoms with Gasteiger partial charge in [-0.25, -0.2) is 18.0 Å². The van der Waals surface area contributed by atoms with Crippen molar-refractivity contribution in [2.24, 2.45) is 5.41 Å². The largest absolute Gasteiger partial charge is 0.396 e. The van der Waals surface area contributed by atoms with Gasteiger partial charge in [0.2, 0.25) is 0 Å². The number of amides is 2. The third-order valence-corrected chi connectivity index (χ3v) is 2.78. The Kier molecular flexibility index (Phi) is 6.22. The van der Waals surface area contributed by atoms with Gasteiger partial charge in [-0.2, -0.15) is 0 Å². The first kappa shape index (κ1) is 18.3. The summed E-state index contributed by atoms with van der Waals surface area (Å²) in [6.07, 6.45) is 0.345. The Morgan fingerprint density at radius 1 is 1.23 bits per heavy atom. The third kappa shape index (κ3) is 5.55. The molecule has 1 rings (SSSR count). The van der Waals surface area contributed by atoms with Crippen molar-refractivity contribution in [2.75, 3.05) is 25.0 Å². The highest BCUT2D eigenvalue weighted by atomic mass is 19.1. The van der Waals surface area contributed by atoms with Gasteiger partial charge >= 0.3 is 6.03 Å². The van der Waals surface area contributed by atoms with Crippen molar-refractivity contribution in [2.45, 2.75) is 27.2 Å². The zero-order chi connectivity index (χ0) is 16.9. The van der Waals surface area contributed by atoms with Crippen LogP contribution in [0.4, 0.5) is 23.7 Å². The van der Waals surface area contributed by atoms with Crippen LogP contribution >= 0.6 is 0 Å². The molecule has 0 atom stereocenters. The van der Waals surface area contributed by atoms with Crippen LogP contribution in [0.15, 0.2) is 12.1 Å². The predicted molar refractivity (Wildman–Crippen MR) is 78.1 cm³/mol. The number of nitrogens with zero attached hydrogens (tertiary/aromatic N) is 1. The summed E-state index contributed by atoms with van der Waals surface area (Å²) in [5.74, 6) is -3.41. The summed E-state index contributed by atoms with van der Waals surface area (Å²) in [7, 11) is 0. The van der Waals surface area contributed by atoms with E-state index in [0.717, 1.165) is 0 Å². The maximum Gasteiger partial charge on any atom is 0.322 e. The fraction of sp³-hybridized carbons (Fsp3) is 0.533. The van der Waals surface area contributed by atoms with Gasteiger partial charge in [0, 0.05) is 31.8 Å². The van der Waals surface area contributed by atoms with Gasteiger partial charge in [-0.1, -0.05) is 20.8 Å². The van der Waals surface area contributed by atoms with Gasteiger partial charge < -0.3 is 15.3 Å². The molecule has 1 aromatic rings. The molecule has 0 spiro atoms. The van der Waals surface area contributed by atoms with E-state index >= 15 is 0 Å². The maximum atomic E-state index is 13.6. The van der Waals surface area contributed by atoms with Crippen molar-refractivity contribution in [3.05, 3.63) is 29.6 Å². The molecular formula is C15H21F3N2O2. The summed E-state index contributed by atoms with van der Waals surface area (Å²) in [6.45, 7) is 6.20. The van der Waals surface area contributed by atoms with Crippen molar-refractivity contribution >= 4 is 11.7 Å². The Morgan fingerprint density at radius 3 is 2.23 bits per heavy atom. The number of aliphatic hydroxyl groups is 1. The van der Waals surface area contributed by atoms with Crippen LogP contribution in [0.2, 0.25) is 0 Å². The number of nitrogens with one attached hydrogen (secondary N) is 1. The van der Waals surface area contributed by atoms with Crippen LogP contribution in [0, 0.1) is 22.9 Å². The lowest BCUT2D eigenvalue weighted by Gasteiger charge is -2.30. The third-order valence-electron chi connectivity index (χ3n) is 2.78. The molecule has 0 unspecified atom stereocenters. The van der Waals surface area contributed by atoms with Crippen LogP contribution in [-0.2, 0) is 0 Å². The molecule has 7 heteroatoms. The van der Waals surface area contributed by atoms with Gasteiger partial charge in [0.1, 0.15) is 11.5 Å². The van der Waals surface area contributed by atoms with Crippen LogP contribution in [-0.4, -0.2) is 35.7 Å². The van der Waals surface area contributed by atoms with Gasteiger partial charge in [-0.05, 0) is 11.8 Å². The number of rotatable bonds is 5. The first-order valence-corrected chi connectivity index (χ1v) is 6.95. The van der Waals surface area contributed by atoms with Gasteiger partial charge in [-0.3, -0.25) is 0 Å². The lowest BCUT2D eigenvalue weighted by atomic mass is 9.96. The van der Waals surface area contributed by atoms with E-state index in [-0.39, 0.29) is 18.6 Å². The molecule has 0 fully saturated rings. The van der Waals surface area contributed by atoms with E-state index < -0.39 is 29.2 Å². The van der Waals surface area contributed by atoms with Crippen molar-refractivity contribution < 1.29 is 23.1 Å². The first-order valence-electron chi connectivity index (χ1n) is 6.95. The zero-order valence-corrected chi connectivity index (χ0v) is 12.9. The molecule has 0 aliphatic carbocycles. The van der Waals surface area contributed by atoms with E-state index in [1.54, 1.807) is 0 Å². The second-order valence-corrected chi connectivity index (χ2v) is 6.23. The molecule has 0 bridgehead atoms. The molecule has 1 aromatic carbocycles. The van der Waals surface area contributed by atoms with Crippen molar-refractivity contribution in [1.82, 2.24) is 4.90 Å². The number of benzene rings is 1. The molecule has 0 aliphatic rings. The summed E-state index contributed by atoms with van der Waals surface area (Å²) in [5, 5.41) is 11.0. The van der Waals surface area contributed by atoms with Crippen LogP contribution in [0.25, 0.3) is 0 Å². The van der Waals surface area contributed by atoms with E-state index in [0.29, 0.717) is 25.1 Å².